The van der Waals surface area contributed by atoms with Crippen molar-refractivity contribution in [2.45, 2.75) is 33.0 Å². The van der Waals surface area contributed by atoms with Gasteiger partial charge in [0.15, 0.2) is 0 Å². The summed E-state index contributed by atoms with van der Waals surface area (Å²) in [5.41, 5.74) is 8.84. The number of hydrogen-bond donors (Lipinski definition) is 1. The van der Waals surface area contributed by atoms with Gasteiger partial charge in [-0.25, -0.2) is 4.39 Å². The molecule has 0 aliphatic heterocycles. The molecule has 0 saturated carbocycles. The lowest BCUT2D eigenvalue weighted by Gasteiger charge is -2.31. The van der Waals surface area contributed by atoms with E-state index in [1.165, 1.54) is 17.7 Å². The predicted molar refractivity (Wildman–Crippen MR) is 82.1 cm³/mol. The lowest BCUT2D eigenvalue weighted by molar-refractivity contribution is 0.622. The Morgan fingerprint density at radius 2 is 1.80 bits per heavy atom. The summed E-state index contributed by atoms with van der Waals surface area (Å²) in [6.45, 7) is 5.39. The summed E-state index contributed by atoms with van der Waals surface area (Å²) in [6, 6.07) is 15.4. The second kappa shape index (κ2) is 6.53. The Hall–Kier alpha value is -1.87. The quantitative estimate of drug-likeness (QED) is 0.899. The zero-order valence-electron chi connectivity index (χ0n) is 12.0. The van der Waals surface area contributed by atoms with Crippen LogP contribution >= 0.6 is 0 Å². The summed E-state index contributed by atoms with van der Waals surface area (Å²) in [7, 11) is 0. The van der Waals surface area contributed by atoms with Crippen LogP contribution in [0.2, 0.25) is 0 Å². The molecule has 0 radical (unpaired) electrons. The normalized spacial score (nSPS) is 10.8. The number of anilines is 1. The van der Waals surface area contributed by atoms with E-state index in [1.807, 2.05) is 24.3 Å². The molecule has 0 unspecified atom stereocenters. The average Bonchev–Trinajstić information content (AvgIpc) is 2.46. The second-order valence-electron chi connectivity index (χ2n) is 5.18. The monoisotopic (exact) mass is 272 g/mol. The van der Waals surface area contributed by atoms with Gasteiger partial charge in [0, 0.05) is 24.8 Å². The minimum atomic E-state index is -0.238. The highest BCUT2D eigenvalue weighted by molar-refractivity contribution is 5.55. The average molecular weight is 272 g/mol. The highest BCUT2D eigenvalue weighted by Gasteiger charge is 2.15. The minimum Gasteiger partial charge on any atom is -0.365 e. The van der Waals surface area contributed by atoms with Crippen LogP contribution in [0.1, 0.15) is 25.0 Å². The smallest absolute Gasteiger partial charge is 0.123 e. The number of nitrogens with two attached hydrogens (primary N) is 1. The van der Waals surface area contributed by atoms with Crippen molar-refractivity contribution < 1.29 is 4.39 Å². The molecule has 2 aromatic rings. The molecule has 0 aromatic heterocycles. The van der Waals surface area contributed by atoms with Crippen LogP contribution < -0.4 is 10.6 Å². The Balaban J connectivity index is 2.34. The summed E-state index contributed by atoms with van der Waals surface area (Å²) < 4.78 is 13.4. The van der Waals surface area contributed by atoms with Crippen LogP contribution in [0.4, 0.5) is 10.1 Å². The van der Waals surface area contributed by atoms with E-state index in [0.29, 0.717) is 12.6 Å². The number of benzene rings is 2. The van der Waals surface area contributed by atoms with Crippen LogP contribution in [-0.2, 0) is 13.1 Å². The highest BCUT2D eigenvalue weighted by atomic mass is 19.1. The van der Waals surface area contributed by atoms with Gasteiger partial charge in [-0.1, -0.05) is 30.3 Å². The predicted octanol–water partition coefficient (Wildman–Crippen LogP) is 3.70. The Morgan fingerprint density at radius 3 is 2.40 bits per heavy atom. The number of hydrogen-bond acceptors (Lipinski definition) is 2. The Labute approximate surface area is 120 Å². The van der Waals surface area contributed by atoms with Gasteiger partial charge in [0.1, 0.15) is 5.82 Å². The molecule has 0 spiro atoms. The van der Waals surface area contributed by atoms with E-state index in [-0.39, 0.29) is 5.82 Å². The van der Waals surface area contributed by atoms with Crippen LogP contribution in [0.25, 0.3) is 0 Å². The first-order valence-electron chi connectivity index (χ1n) is 6.91. The van der Waals surface area contributed by atoms with Crippen molar-refractivity contribution in [1.29, 1.82) is 0 Å². The van der Waals surface area contributed by atoms with Crippen molar-refractivity contribution in [3.05, 3.63) is 65.5 Å². The van der Waals surface area contributed by atoms with E-state index in [0.717, 1.165) is 17.8 Å². The van der Waals surface area contributed by atoms with Gasteiger partial charge >= 0.3 is 0 Å². The third kappa shape index (κ3) is 3.36. The van der Waals surface area contributed by atoms with Gasteiger partial charge in [-0.3, -0.25) is 0 Å². The summed E-state index contributed by atoms with van der Waals surface area (Å²) in [5, 5.41) is 0. The molecule has 20 heavy (non-hydrogen) atoms. The van der Waals surface area contributed by atoms with Gasteiger partial charge in [0.05, 0.1) is 0 Å². The van der Waals surface area contributed by atoms with Gasteiger partial charge in [0.2, 0.25) is 0 Å². The Bertz CT molecular complexity index is 552. The number of nitrogens with zero attached hydrogens (tertiary/aromatic N) is 1. The number of rotatable bonds is 5. The summed E-state index contributed by atoms with van der Waals surface area (Å²) in [6.07, 6.45) is 0. The van der Waals surface area contributed by atoms with E-state index >= 15 is 0 Å². The maximum absolute atomic E-state index is 13.4. The molecule has 0 aliphatic rings. The van der Waals surface area contributed by atoms with Crippen molar-refractivity contribution in [3.63, 3.8) is 0 Å². The summed E-state index contributed by atoms with van der Waals surface area (Å²) in [5.74, 6) is -0.238. The van der Waals surface area contributed by atoms with Crippen molar-refractivity contribution in [1.82, 2.24) is 0 Å². The molecule has 0 heterocycles. The molecule has 3 heteroatoms. The standard InChI is InChI=1S/C17H21FN2/c1-13(2)20(12-14-6-4-3-5-7-14)17-9-8-16(18)10-15(17)11-19/h3-10,13H,11-12,19H2,1-2H3. The lowest BCUT2D eigenvalue weighted by Crippen LogP contribution is -2.31. The topological polar surface area (TPSA) is 29.3 Å². The Morgan fingerprint density at radius 1 is 1.10 bits per heavy atom. The van der Waals surface area contributed by atoms with Crippen LogP contribution in [0.15, 0.2) is 48.5 Å². The van der Waals surface area contributed by atoms with Crippen LogP contribution in [0.3, 0.4) is 0 Å². The first-order valence-corrected chi connectivity index (χ1v) is 6.91. The van der Waals surface area contributed by atoms with Crippen molar-refractivity contribution in [2.24, 2.45) is 5.73 Å². The van der Waals surface area contributed by atoms with Crippen LogP contribution in [0.5, 0.6) is 0 Å². The van der Waals surface area contributed by atoms with Gasteiger partial charge in [0.25, 0.3) is 0 Å². The molecule has 0 saturated heterocycles. The van der Waals surface area contributed by atoms with Crippen molar-refractivity contribution in [3.8, 4) is 0 Å². The van der Waals surface area contributed by atoms with E-state index in [9.17, 15) is 4.39 Å². The maximum atomic E-state index is 13.4. The fourth-order valence-corrected chi connectivity index (χ4v) is 2.32. The molecule has 0 bridgehead atoms. The lowest BCUT2D eigenvalue weighted by atomic mass is 10.1. The zero-order chi connectivity index (χ0) is 14.5. The van der Waals surface area contributed by atoms with E-state index in [1.54, 1.807) is 0 Å². The molecule has 106 valence electrons. The highest BCUT2D eigenvalue weighted by Crippen LogP contribution is 2.25. The third-order valence-electron chi connectivity index (χ3n) is 3.39. The van der Waals surface area contributed by atoms with Gasteiger partial charge < -0.3 is 10.6 Å². The third-order valence-corrected chi connectivity index (χ3v) is 3.39. The molecular formula is C17H21FN2. The molecule has 2 rings (SSSR count). The number of halogens is 1. The molecule has 2 nitrogen and oxygen atoms in total. The largest absolute Gasteiger partial charge is 0.365 e. The first kappa shape index (κ1) is 14.5. The van der Waals surface area contributed by atoms with Crippen LogP contribution in [0, 0.1) is 5.82 Å². The van der Waals surface area contributed by atoms with E-state index < -0.39 is 0 Å². The molecule has 0 amide bonds. The van der Waals surface area contributed by atoms with Crippen molar-refractivity contribution in [2.75, 3.05) is 4.90 Å². The molecule has 2 N–H and O–H groups in total. The summed E-state index contributed by atoms with van der Waals surface area (Å²) >= 11 is 0. The van der Waals surface area contributed by atoms with E-state index in [4.69, 9.17) is 5.73 Å². The minimum absolute atomic E-state index is 0.238. The maximum Gasteiger partial charge on any atom is 0.123 e. The second-order valence-corrected chi connectivity index (χ2v) is 5.18. The van der Waals surface area contributed by atoms with Crippen LogP contribution in [-0.4, -0.2) is 6.04 Å². The molecule has 0 atom stereocenters. The van der Waals surface area contributed by atoms with Gasteiger partial charge in [-0.2, -0.15) is 0 Å². The van der Waals surface area contributed by atoms with E-state index in [2.05, 4.69) is 30.9 Å². The Kier molecular flexibility index (Phi) is 4.74. The SMILES string of the molecule is CC(C)N(Cc1ccccc1)c1ccc(F)cc1CN. The fourth-order valence-electron chi connectivity index (χ4n) is 2.32. The van der Waals surface area contributed by atoms with Gasteiger partial charge in [-0.05, 0) is 43.2 Å². The van der Waals surface area contributed by atoms with Gasteiger partial charge in [-0.15, -0.1) is 0 Å². The fraction of sp³-hybridized carbons (Fsp3) is 0.294. The molecule has 0 aliphatic carbocycles. The molecular weight excluding hydrogens is 251 g/mol. The summed E-state index contributed by atoms with van der Waals surface area (Å²) in [4.78, 5) is 2.25. The molecule has 2 aromatic carbocycles. The molecule has 0 fully saturated rings. The zero-order valence-corrected chi connectivity index (χ0v) is 12.0. The van der Waals surface area contributed by atoms with Crippen molar-refractivity contribution >= 4 is 5.69 Å². The first-order chi connectivity index (χ1) is 9.61.